The molecule has 0 amide bonds. The minimum absolute atomic E-state index is 0.00232. The van der Waals surface area contributed by atoms with E-state index in [2.05, 4.69) is 5.32 Å². The maximum absolute atomic E-state index is 6.29. The molecular weight excluding hydrogens is 293 g/mol. The van der Waals surface area contributed by atoms with Crippen molar-refractivity contribution in [3.05, 3.63) is 33.8 Å². The quantitative estimate of drug-likeness (QED) is 0.817. The van der Waals surface area contributed by atoms with Gasteiger partial charge in [0.2, 0.25) is 0 Å². The van der Waals surface area contributed by atoms with E-state index < -0.39 is 0 Å². The number of ether oxygens (including phenoxy) is 1. The molecule has 2 nitrogen and oxygen atoms in total. The van der Waals surface area contributed by atoms with Gasteiger partial charge in [0.15, 0.2) is 0 Å². The summed E-state index contributed by atoms with van der Waals surface area (Å²) in [5, 5.41) is 5.03. The fourth-order valence-electron chi connectivity index (χ4n) is 3.44. The highest BCUT2D eigenvalue weighted by molar-refractivity contribution is 6.33. The lowest BCUT2D eigenvalue weighted by Gasteiger charge is -2.35. The Morgan fingerprint density at radius 2 is 1.95 bits per heavy atom. The van der Waals surface area contributed by atoms with Crippen LogP contribution in [0.25, 0.3) is 0 Å². The van der Waals surface area contributed by atoms with E-state index in [1.54, 1.807) is 0 Å². The van der Waals surface area contributed by atoms with Gasteiger partial charge < -0.3 is 10.1 Å². The lowest BCUT2D eigenvalue weighted by atomic mass is 9.74. The Kier molecular flexibility index (Phi) is 4.56. The molecular formula is C16H21Cl2NO. The molecule has 1 saturated heterocycles. The van der Waals surface area contributed by atoms with E-state index >= 15 is 0 Å². The summed E-state index contributed by atoms with van der Waals surface area (Å²) in [5.41, 5.74) is 1.33. The van der Waals surface area contributed by atoms with Crippen LogP contribution in [-0.2, 0) is 4.74 Å². The maximum Gasteiger partial charge on any atom is 0.0964 e. The summed E-state index contributed by atoms with van der Waals surface area (Å²) < 4.78 is 6.21. The summed E-state index contributed by atoms with van der Waals surface area (Å²) in [7, 11) is 0. The lowest BCUT2D eigenvalue weighted by Crippen LogP contribution is -2.37. The van der Waals surface area contributed by atoms with Crippen LogP contribution < -0.4 is 5.32 Å². The molecule has 1 N–H and O–H groups in total. The van der Waals surface area contributed by atoms with Gasteiger partial charge in [0.05, 0.1) is 12.7 Å². The van der Waals surface area contributed by atoms with Gasteiger partial charge in [-0.05, 0) is 31.0 Å². The van der Waals surface area contributed by atoms with Gasteiger partial charge in [0.25, 0.3) is 0 Å². The van der Waals surface area contributed by atoms with Crippen molar-refractivity contribution < 1.29 is 4.74 Å². The molecule has 2 aliphatic rings. The molecule has 1 spiro atoms. The van der Waals surface area contributed by atoms with E-state index in [1.165, 1.54) is 32.1 Å². The second kappa shape index (κ2) is 6.23. The molecule has 1 unspecified atom stereocenters. The molecule has 0 aromatic heterocycles. The summed E-state index contributed by atoms with van der Waals surface area (Å²) >= 11 is 12.4. The van der Waals surface area contributed by atoms with Crippen LogP contribution in [0.3, 0.4) is 0 Å². The molecule has 1 aromatic rings. The molecule has 1 atom stereocenters. The molecule has 1 saturated carbocycles. The molecule has 1 aliphatic heterocycles. The van der Waals surface area contributed by atoms with Crippen LogP contribution in [0.4, 0.5) is 0 Å². The van der Waals surface area contributed by atoms with Crippen LogP contribution in [0.5, 0.6) is 0 Å². The minimum atomic E-state index is 0.00232. The predicted octanol–water partition coefficient (Wildman–Crippen LogP) is 4.60. The summed E-state index contributed by atoms with van der Waals surface area (Å²) in [6.45, 7) is 2.69. The molecule has 0 radical (unpaired) electrons. The summed E-state index contributed by atoms with van der Waals surface area (Å²) in [4.78, 5) is 0. The highest BCUT2D eigenvalue weighted by atomic mass is 35.5. The fourth-order valence-corrected chi connectivity index (χ4v) is 3.86. The first kappa shape index (κ1) is 14.6. The second-order valence-electron chi connectivity index (χ2n) is 6.16. The zero-order valence-corrected chi connectivity index (χ0v) is 13.1. The van der Waals surface area contributed by atoms with Crippen molar-refractivity contribution in [2.45, 2.75) is 38.2 Å². The van der Waals surface area contributed by atoms with Crippen molar-refractivity contribution in [3.8, 4) is 0 Å². The Labute approximate surface area is 130 Å². The van der Waals surface area contributed by atoms with Crippen LogP contribution in [-0.4, -0.2) is 19.7 Å². The van der Waals surface area contributed by atoms with Gasteiger partial charge in [0, 0.05) is 34.1 Å². The van der Waals surface area contributed by atoms with Gasteiger partial charge in [-0.3, -0.25) is 0 Å². The third-order valence-electron chi connectivity index (χ3n) is 4.64. The number of benzene rings is 1. The van der Waals surface area contributed by atoms with Gasteiger partial charge in [-0.15, -0.1) is 0 Å². The third kappa shape index (κ3) is 3.14. The van der Waals surface area contributed by atoms with Gasteiger partial charge in [-0.2, -0.15) is 0 Å². The van der Waals surface area contributed by atoms with Crippen molar-refractivity contribution in [1.82, 2.24) is 5.32 Å². The number of rotatable bonds is 1. The third-order valence-corrected chi connectivity index (χ3v) is 5.22. The predicted molar refractivity (Wildman–Crippen MR) is 83.5 cm³/mol. The number of nitrogens with one attached hydrogen (secondary N) is 1. The molecule has 110 valence electrons. The Morgan fingerprint density at radius 3 is 2.75 bits per heavy atom. The molecule has 4 heteroatoms. The Bertz CT molecular complexity index is 472. The van der Waals surface area contributed by atoms with Crippen molar-refractivity contribution in [2.75, 3.05) is 19.7 Å². The zero-order valence-electron chi connectivity index (χ0n) is 11.6. The molecule has 1 heterocycles. The Hall–Kier alpha value is -0.280. The topological polar surface area (TPSA) is 21.3 Å². The van der Waals surface area contributed by atoms with Gasteiger partial charge >= 0.3 is 0 Å². The summed E-state index contributed by atoms with van der Waals surface area (Å²) in [6, 6.07) is 5.60. The normalized spacial score (nSPS) is 26.4. The highest BCUT2D eigenvalue weighted by Gasteiger charge is 2.35. The van der Waals surface area contributed by atoms with E-state index in [4.69, 9.17) is 27.9 Å². The number of hydrogen-bond acceptors (Lipinski definition) is 2. The standard InChI is InChI=1S/C16H21Cl2NO/c17-12-4-5-14(18)13(8-12)15-9-19-10-16(11-20-15)6-2-1-3-7-16/h4-5,8,15,19H,1-3,6-7,9-11H2. The molecule has 1 aliphatic carbocycles. The average Bonchev–Trinajstić information content (AvgIpc) is 2.66. The first-order valence-electron chi connectivity index (χ1n) is 7.46. The molecule has 0 bridgehead atoms. The first-order chi connectivity index (χ1) is 9.69. The van der Waals surface area contributed by atoms with Crippen LogP contribution >= 0.6 is 23.2 Å². The van der Waals surface area contributed by atoms with Gasteiger partial charge in [0.1, 0.15) is 0 Å². The number of halogens is 2. The van der Waals surface area contributed by atoms with Gasteiger partial charge in [-0.1, -0.05) is 42.5 Å². The van der Waals surface area contributed by atoms with E-state index in [9.17, 15) is 0 Å². The van der Waals surface area contributed by atoms with Crippen molar-refractivity contribution in [1.29, 1.82) is 0 Å². The molecule has 1 aromatic carbocycles. The Morgan fingerprint density at radius 1 is 1.15 bits per heavy atom. The van der Waals surface area contributed by atoms with E-state index in [-0.39, 0.29) is 6.10 Å². The number of hydrogen-bond donors (Lipinski definition) is 1. The van der Waals surface area contributed by atoms with Crippen molar-refractivity contribution in [2.24, 2.45) is 5.41 Å². The SMILES string of the molecule is Clc1ccc(Cl)c(C2CNCC3(CCCCC3)CO2)c1. The van der Waals surface area contributed by atoms with Crippen molar-refractivity contribution >= 4 is 23.2 Å². The van der Waals surface area contributed by atoms with E-state index in [1.807, 2.05) is 18.2 Å². The van der Waals surface area contributed by atoms with E-state index in [0.29, 0.717) is 10.4 Å². The van der Waals surface area contributed by atoms with Crippen LogP contribution in [0.1, 0.15) is 43.8 Å². The molecule has 2 fully saturated rings. The highest BCUT2D eigenvalue weighted by Crippen LogP contribution is 2.39. The van der Waals surface area contributed by atoms with Gasteiger partial charge in [-0.25, -0.2) is 0 Å². The largest absolute Gasteiger partial charge is 0.372 e. The Balaban J connectivity index is 1.75. The monoisotopic (exact) mass is 313 g/mol. The first-order valence-corrected chi connectivity index (χ1v) is 8.21. The lowest BCUT2D eigenvalue weighted by molar-refractivity contribution is -0.00136. The second-order valence-corrected chi connectivity index (χ2v) is 7.00. The summed E-state index contributed by atoms with van der Waals surface area (Å²) in [5.74, 6) is 0. The average molecular weight is 314 g/mol. The van der Waals surface area contributed by atoms with E-state index in [0.717, 1.165) is 30.3 Å². The molecule has 20 heavy (non-hydrogen) atoms. The molecule has 3 rings (SSSR count). The zero-order chi connectivity index (χ0) is 14.0. The minimum Gasteiger partial charge on any atom is -0.372 e. The van der Waals surface area contributed by atoms with Crippen molar-refractivity contribution in [3.63, 3.8) is 0 Å². The van der Waals surface area contributed by atoms with Crippen LogP contribution in [0.15, 0.2) is 18.2 Å². The summed E-state index contributed by atoms with van der Waals surface area (Å²) in [6.07, 6.45) is 6.57. The van der Waals surface area contributed by atoms with Crippen LogP contribution in [0, 0.1) is 5.41 Å². The van der Waals surface area contributed by atoms with Crippen LogP contribution in [0.2, 0.25) is 10.0 Å². The fraction of sp³-hybridized carbons (Fsp3) is 0.625. The maximum atomic E-state index is 6.29. The smallest absolute Gasteiger partial charge is 0.0964 e.